The van der Waals surface area contributed by atoms with Gasteiger partial charge in [-0.15, -0.1) is 21.5 Å². The van der Waals surface area contributed by atoms with Gasteiger partial charge in [0.1, 0.15) is 6.61 Å². The molecule has 2 aliphatic rings. The fourth-order valence-corrected chi connectivity index (χ4v) is 4.20. The van der Waals surface area contributed by atoms with E-state index >= 15 is 0 Å². The number of aryl methyl sites for hydroxylation is 1. The molecule has 0 bridgehead atoms. The SMILES string of the molecule is CC1CCc2sc(-c3nnc4n3CCOC4)cc2C1. The van der Waals surface area contributed by atoms with Crippen LogP contribution in [0.15, 0.2) is 6.07 Å². The summed E-state index contributed by atoms with van der Waals surface area (Å²) < 4.78 is 7.63. The number of ether oxygens (including phenoxy) is 1. The quantitative estimate of drug-likeness (QED) is 0.803. The normalized spacial score (nSPS) is 22.1. The zero-order valence-corrected chi connectivity index (χ0v) is 11.9. The second kappa shape index (κ2) is 4.42. The monoisotopic (exact) mass is 275 g/mol. The molecule has 2 aromatic rings. The predicted octanol–water partition coefficient (Wildman–Crippen LogP) is 2.66. The lowest BCUT2D eigenvalue weighted by Crippen LogP contribution is -2.17. The Balaban J connectivity index is 1.75. The zero-order valence-electron chi connectivity index (χ0n) is 11.1. The highest BCUT2D eigenvalue weighted by molar-refractivity contribution is 7.15. The van der Waals surface area contributed by atoms with Crippen molar-refractivity contribution in [1.82, 2.24) is 14.8 Å². The van der Waals surface area contributed by atoms with E-state index in [1.165, 1.54) is 29.7 Å². The second-order valence-electron chi connectivity index (χ2n) is 5.55. The number of hydrogen-bond acceptors (Lipinski definition) is 4. The molecule has 0 fully saturated rings. The summed E-state index contributed by atoms with van der Waals surface area (Å²) in [6, 6.07) is 2.34. The van der Waals surface area contributed by atoms with E-state index in [9.17, 15) is 0 Å². The summed E-state index contributed by atoms with van der Waals surface area (Å²) in [6.45, 7) is 4.57. The summed E-state index contributed by atoms with van der Waals surface area (Å²) in [5.41, 5.74) is 1.53. The minimum absolute atomic E-state index is 0.592. The van der Waals surface area contributed by atoms with Gasteiger partial charge in [0.05, 0.1) is 11.5 Å². The first-order chi connectivity index (χ1) is 9.31. The van der Waals surface area contributed by atoms with E-state index in [-0.39, 0.29) is 0 Å². The van der Waals surface area contributed by atoms with Gasteiger partial charge in [0.2, 0.25) is 0 Å². The minimum atomic E-state index is 0.592. The van der Waals surface area contributed by atoms with Crippen LogP contribution in [0.5, 0.6) is 0 Å². The van der Waals surface area contributed by atoms with Gasteiger partial charge >= 0.3 is 0 Å². The first kappa shape index (κ1) is 11.6. The molecule has 2 aromatic heterocycles. The predicted molar refractivity (Wildman–Crippen MR) is 74.2 cm³/mol. The minimum Gasteiger partial charge on any atom is -0.372 e. The van der Waals surface area contributed by atoms with E-state index in [1.54, 1.807) is 4.88 Å². The van der Waals surface area contributed by atoms with Crippen molar-refractivity contribution in [2.75, 3.05) is 6.61 Å². The fourth-order valence-electron chi connectivity index (χ4n) is 2.99. The van der Waals surface area contributed by atoms with Gasteiger partial charge in [0.25, 0.3) is 0 Å². The van der Waals surface area contributed by atoms with Crippen LogP contribution in [0.4, 0.5) is 0 Å². The number of nitrogens with zero attached hydrogens (tertiary/aromatic N) is 3. The Morgan fingerprint density at radius 1 is 1.42 bits per heavy atom. The smallest absolute Gasteiger partial charge is 0.174 e. The van der Waals surface area contributed by atoms with Crippen LogP contribution in [-0.4, -0.2) is 21.4 Å². The molecule has 19 heavy (non-hydrogen) atoms. The van der Waals surface area contributed by atoms with E-state index < -0.39 is 0 Å². The van der Waals surface area contributed by atoms with Gasteiger partial charge in [0, 0.05) is 11.4 Å². The van der Waals surface area contributed by atoms with Crippen molar-refractivity contribution in [2.45, 2.75) is 39.3 Å². The van der Waals surface area contributed by atoms with Crippen molar-refractivity contribution in [3.63, 3.8) is 0 Å². The largest absolute Gasteiger partial charge is 0.372 e. The average molecular weight is 275 g/mol. The lowest BCUT2D eigenvalue weighted by molar-refractivity contribution is 0.0821. The van der Waals surface area contributed by atoms with E-state index in [2.05, 4.69) is 27.8 Å². The van der Waals surface area contributed by atoms with Gasteiger partial charge in [0.15, 0.2) is 11.6 Å². The Morgan fingerprint density at radius 2 is 2.37 bits per heavy atom. The number of aromatic nitrogens is 3. The van der Waals surface area contributed by atoms with Crippen molar-refractivity contribution in [2.24, 2.45) is 5.92 Å². The molecule has 4 rings (SSSR count). The first-order valence-electron chi connectivity index (χ1n) is 6.93. The Morgan fingerprint density at radius 3 is 3.32 bits per heavy atom. The fraction of sp³-hybridized carbons (Fsp3) is 0.571. The Bertz CT molecular complexity index is 616. The van der Waals surface area contributed by atoms with Gasteiger partial charge < -0.3 is 9.30 Å². The number of thiophene rings is 1. The highest BCUT2D eigenvalue weighted by atomic mass is 32.1. The lowest BCUT2D eigenvalue weighted by atomic mass is 9.90. The Labute approximate surface area is 116 Å². The molecular formula is C14H17N3OS. The molecule has 0 N–H and O–H groups in total. The van der Waals surface area contributed by atoms with E-state index in [4.69, 9.17) is 4.74 Å². The standard InChI is InChI=1S/C14H17N3OS/c1-9-2-3-11-10(6-9)7-12(19-11)14-16-15-13-8-18-5-4-17(13)14/h7,9H,2-6,8H2,1H3. The van der Waals surface area contributed by atoms with E-state index in [0.29, 0.717) is 6.61 Å². The van der Waals surface area contributed by atoms with Crippen LogP contribution in [0.2, 0.25) is 0 Å². The first-order valence-corrected chi connectivity index (χ1v) is 7.74. The third-order valence-electron chi connectivity index (χ3n) is 4.07. The lowest BCUT2D eigenvalue weighted by Gasteiger charge is -2.16. The highest BCUT2D eigenvalue weighted by Gasteiger charge is 2.23. The summed E-state index contributed by atoms with van der Waals surface area (Å²) >= 11 is 1.90. The van der Waals surface area contributed by atoms with E-state index in [1.807, 2.05) is 11.3 Å². The molecule has 0 spiro atoms. The number of rotatable bonds is 1. The number of fused-ring (bicyclic) bond motifs is 2. The molecule has 1 unspecified atom stereocenters. The van der Waals surface area contributed by atoms with Crippen LogP contribution in [0.25, 0.3) is 10.7 Å². The molecule has 3 heterocycles. The van der Waals surface area contributed by atoms with Gasteiger partial charge in [-0.3, -0.25) is 0 Å². The van der Waals surface area contributed by atoms with Crippen molar-refractivity contribution in [1.29, 1.82) is 0 Å². The van der Waals surface area contributed by atoms with Crippen LogP contribution < -0.4 is 0 Å². The molecule has 0 saturated carbocycles. The van der Waals surface area contributed by atoms with Crippen molar-refractivity contribution >= 4 is 11.3 Å². The summed E-state index contributed by atoms with van der Waals surface area (Å²) in [4.78, 5) is 2.83. The molecule has 0 aromatic carbocycles. The summed E-state index contributed by atoms with van der Waals surface area (Å²) in [6.07, 6.45) is 3.76. The van der Waals surface area contributed by atoms with Gasteiger partial charge in [-0.1, -0.05) is 6.92 Å². The van der Waals surface area contributed by atoms with Gasteiger partial charge in [-0.25, -0.2) is 0 Å². The summed E-state index contributed by atoms with van der Waals surface area (Å²) in [7, 11) is 0. The van der Waals surface area contributed by atoms with Crippen molar-refractivity contribution in [3.8, 4) is 10.7 Å². The molecule has 1 aliphatic carbocycles. The highest BCUT2D eigenvalue weighted by Crippen LogP contribution is 2.37. The maximum absolute atomic E-state index is 5.42. The average Bonchev–Trinajstić information content (AvgIpc) is 3.00. The van der Waals surface area contributed by atoms with Crippen LogP contribution in [0.1, 0.15) is 29.6 Å². The Kier molecular flexibility index (Phi) is 2.70. The molecule has 4 nitrogen and oxygen atoms in total. The zero-order chi connectivity index (χ0) is 12.8. The topological polar surface area (TPSA) is 39.9 Å². The molecule has 0 radical (unpaired) electrons. The van der Waals surface area contributed by atoms with Crippen molar-refractivity contribution < 1.29 is 4.74 Å². The summed E-state index contributed by atoms with van der Waals surface area (Å²) in [5.74, 6) is 2.81. The maximum Gasteiger partial charge on any atom is 0.174 e. The summed E-state index contributed by atoms with van der Waals surface area (Å²) in [5, 5.41) is 8.62. The van der Waals surface area contributed by atoms with Gasteiger partial charge in [-0.2, -0.15) is 0 Å². The number of hydrogen-bond donors (Lipinski definition) is 0. The third-order valence-corrected chi connectivity index (χ3v) is 5.30. The van der Waals surface area contributed by atoms with Gasteiger partial charge in [-0.05, 0) is 36.8 Å². The molecule has 0 saturated heterocycles. The third kappa shape index (κ3) is 1.92. The molecule has 1 atom stereocenters. The Hall–Kier alpha value is -1.20. The van der Waals surface area contributed by atoms with E-state index in [0.717, 1.165) is 30.7 Å². The molecule has 0 amide bonds. The van der Waals surface area contributed by atoms with Crippen LogP contribution in [0.3, 0.4) is 0 Å². The maximum atomic E-state index is 5.42. The van der Waals surface area contributed by atoms with Crippen LogP contribution in [-0.2, 0) is 30.7 Å². The molecular weight excluding hydrogens is 258 g/mol. The van der Waals surface area contributed by atoms with Crippen LogP contribution in [0, 0.1) is 5.92 Å². The molecule has 100 valence electrons. The molecule has 5 heteroatoms. The van der Waals surface area contributed by atoms with Crippen molar-refractivity contribution in [3.05, 3.63) is 22.3 Å². The molecule has 1 aliphatic heterocycles. The second-order valence-corrected chi connectivity index (χ2v) is 6.69. The van der Waals surface area contributed by atoms with Crippen LogP contribution >= 0.6 is 11.3 Å².